The van der Waals surface area contributed by atoms with Crippen LogP contribution in [0, 0.1) is 5.82 Å². The summed E-state index contributed by atoms with van der Waals surface area (Å²) in [5.74, 6) is -0.675. The number of thiophene rings is 1. The van der Waals surface area contributed by atoms with Gasteiger partial charge in [0.15, 0.2) is 0 Å². The van der Waals surface area contributed by atoms with Gasteiger partial charge in [0.05, 0.1) is 3.79 Å². The lowest BCUT2D eigenvalue weighted by Gasteiger charge is -2.22. The molecule has 1 aliphatic heterocycles. The maximum absolute atomic E-state index is 12.9. The number of carbonyl (C=O) groups is 1. The van der Waals surface area contributed by atoms with Gasteiger partial charge in [0.1, 0.15) is 16.1 Å². The van der Waals surface area contributed by atoms with E-state index in [4.69, 9.17) is 0 Å². The summed E-state index contributed by atoms with van der Waals surface area (Å²) in [5, 5.41) is 2.75. The largest absolute Gasteiger partial charge is 0.351 e. The number of hydrogen-bond acceptors (Lipinski definition) is 4. The number of nitrogens with zero attached hydrogens (tertiary/aromatic N) is 1. The van der Waals surface area contributed by atoms with E-state index in [1.165, 1.54) is 22.5 Å². The molecule has 1 aromatic carbocycles. The molecule has 1 fully saturated rings. The van der Waals surface area contributed by atoms with Gasteiger partial charge in [-0.25, -0.2) is 12.8 Å². The molecule has 1 amide bonds. The van der Waals surface area contributed by atoms with Gasteiger partial charge in [0.25, 0.3) is 10.0 Å². The first-order valence-corrected chi connectivity index (χ1v) is 10.7. The third kappa shape index (κ3) is 4.11. The van der Waals surface area contributed by atoms with Gasteiger partial charge >= 0.3 is 0 Å². The number of amides is 1. The van der Waals surface area contributed by atoms with Crippen molar-refractivity contribution >= 4 is 43.2 Å². The molecule has 1 aromatic heterocycles. The summed E-state index contributed by atoms with van der Waals surface area (Å²) in [6.07, 6.45) is 1.13. The first-order valence-electron chi connectivity index (χ1n) is 7.67. The number of sulfonamides is 1. The molecule has 0 bridgehead atoms. The van der Waals surface area contributed by atoms with Gasteiger partial charge in [-0.3, -0.25) is 4.79 Å². The summed E-state index contributed by atoms with van der Waals surface area (Å²) in [6.45, 7) is 0.556. The molecule has 0 spiro atoms. The van der Waals surface area contributed by atoms with Gasteiger partial charge in [-0.15, -0.1) is 11.3 Å². The molecule has 2 aromatic rings. The van der Waals surface area contributed by atoms with Crippen LogP contribution in [0.15, 0.2) is 44.4 Å². The predicted octanol–water partition coefficient (Wildman–Crippen LogP) is 3.12. The van der Waals surface area contributed by atoms with E-state index < -0.39 is 16.1 Å². The standard InChI is InChI=1S/C16H16BrFN2O3S2/c17-14-7-8-15(24-14)25(22,23)20-9-1-2-13(20)16(21)19-10-11-3-5-12(18)6-4-11/h3-8,13H,1-2,9-10H2,(H,19,21)/t13-/m1/s1. The first kappa shape index (κ1) is 18.5. The van der Waals surface area contributed by atoms with Gasteiger partial charge in [-0.05, 0) is 58.6 Å². The van der Waals surface area contributed by atoms with Crippen molar-refractivity contribution in [1.82, 2.24) is 9.62 Å². The molecular formula is C16H16BrFN2O3S2. The quantitative estimate of drug-likeness (QED) is 0.766. The van der Waals surface area contributed by atoms with Crippen LogP contribution in [0.1, 0.15) is 18.4 Å². The van der Waals surface area contributed by atoms with Gasteiger partial charge in [0.2, 0.25) is 5.91 Å². The van der Waals surface area contributed by atoms with Crippen LogP contribution in [-0.2, 0) is 21.4 Å². The number of benzene rings is 1. The van der Waals surface area contributed by atoms with Crippen molar-refractivity contribution < 1.29 is 17.6 Å². The predicted molar refractivity (Wildman–Crippen MR) is 97.2 cm³/mol. The van der Waals surface area contributed by atoms with Gasteiger partial charge in [-0.2, -0.15) is 4.31 Å². The van der Waals surface area contributed by atoms with E-state index in [1.807, 2.05) is 0 Å². The summed E-state index contributed by atoms with van der Waals surface area (Å²) >= 11 is 4.39. The summed E-state index contributed by atoms with van der Waals surface area (Å²) in [6, 6.07) is 8.31. The lowest BCUT2D eigenvalue weighted by atomic mass is 10.2. The fourth-order valence-electron chi connectivity index (χ4n) is 2.75. The molecule has 5 nitrogen and oxygen atoms in total. The smallest absolute Gasteiger partial charge is 0.253 e. The van der Waals surface area contributed by atoms with Crippen LogP contribution in [-0.4, -0.2) is 31.2 Å². The van der Waals surface area contributed by atoms with E-state index >= 15 is 0 Å². The Morgan fingerprint density at radius 1 is 1.28 bits per heavy atom. The zero-order valence-electron chi connectivity index (χ0n) is 13.1. The lowest BCUT2D eigenvalue weighted by Crippen LogP contribution is -2.45. The molecule has 0 radical (unpaired) electrons. The van der Waals surface area contributed by atoms with Crippen molar-refractivity contribution in [3.63, 3.8) is 0 Å². The normalized spacial score (nSPS) is 18.4. The molecule has 134 valence electrons. The second kappa shape index (κ2) is 7.53. The highest BCUT2D eigenvalue weighted by atomic mass is 79.9. The zero-order valence-corrected chi connectivity index (χ0v) is 16.3. The molecule has 9 heteroatoms. The second-order valence-electron chi connectivity index (χ2n) is 5.68. The Morgan fingerprint density at radius 3 is 2.64 bits per heavy atom. The van der Waals surface area contributed by atoms with Gasteiger partial charge in [0, 0.05) is 13.1 Å². The molecule has 25 heavy (non-hydrogen) atoms. The fraction of sp³-hybridized carbons (Fsp3) is 0.312. The monoisotopic (exact) mass is 446 g/mol. The highest BCUT2D eigenvalue weighted by Gasteiger charge is 2.39. The molecular weight excluding hydrogens is 431 g/mol. The molecule has 1 atom stereocenters. The van der Waals surface area contributed by atoms with Crippen molar-refractivity contribution in [2.75, 3.05) is 6.54 Å². The lowest BCUT2D eigenvalue weighted by molar-refractivity contribution is -0.124. The maximum atomic E-state index is 12.9. The third-order valence-electron chi connectivity index (χ3n) is 4.00. The summed E-state index contributed by atoms with van der Waals surface area (Å²) < 4.78 is 40.7. The van der Waals surface area contributed by atoms with E-state index in [9.17, 15) is 17.6 Å². The SMILES string of the molecule is O=C(NCc1ccc(F)cc1)[C@H]1CCCN1S(=O)(=O)c1ccc(Br)s1. The van der Waals surface area contributed by atoms with Gasteiger partial charge in [-0.1, -0.05) is 12.1 Å². The van der Waals surface area contributed by atoms with Crippen LogP contribution in [0.2, 0.25) is 0 Å². The number of carbonyl (C=O) groups excluding carboxylic acids is 1. The Balaban J connectivity index is 1.70. The molecule has 1 saturated heterocycles. The Labute approximate surface area is 158 Å². The number of halogens is 2. The minimum Gasteiger partial charge on any atom is -0.351 e. The summed E-state index contributed by atoms with van der Waals surface area (Å²) in [5.41, 5.74) is 0.754. The van der Waals surface area contributed by atoms with Crippen LogP contribution < -0.4 is 5.32 Å². The zero-order chi connectivity index (χ0) is 18.0. The van der Waals surface area contributed by atoms with E-state index in [1.54, 1.807) is 18.2 Å². The van der Waals surface area contributed by atoms with Crippen LogP contribution in [0.25, 0.3) is 0 Å². The first-order chi connectivity index (χ1) is 11.9. The Hall–Kier alpha value is -1.29. The Bertz CT molecular complexity index is 868. The molecule has 1 aliphatic rings. The fourth-order valence-corrected chi connectivity index (χ4v) is 6.55. The topological polar surface area (TPSA) is 66.5 Å². The molecule has 2 heterocycles. The average molecular weight is 447 g/mol. The van der Waals surface area contributed by atoms with Crippen molar-refractivity contribution in [3.8, 4) is 0 Å². The van der Waals surface area contributed by atoms with E-state index in [-0.39, 0.29) is 22.5 Å². The Morgan fingerprint density at radius 2 is 2.00 bits per heavy atom. The minimum absolute atomic E-state index is 0.220. The van der Waals surface area contributed by atoms with Crippen LogP contribution >= 0.6 is 27.3 Å². The van der Waals surface area contributed by atoms with E-state index in [0.29, 0.717) is 19.4 Å². The molecule has 0 saturated carbocycles. The van der Waals surface area contributed by atoms with Crippen molar-refractivity contribution in [2.45, 2.75) is 29.6 Å². The van der Waals surface area contributed by atoms with E-state index in [0.717, 1.165) is 20.7 Å². The molecule has 3 rings (SSSR count). The number of nitrogens with one attached hydrogen (secondary N) is 1. The van der Waals surface area contributed by atoms with Crippen molar-refractivity contribution in [1.29, 1.82) is 0 Å². The van der Waals surface area contributed by atoms with Gasteiger partial charge < -0.3 is 5.32 Å². The Kier molecular flexibility index (Phi) is 5.57. The molecule has 1 N–H and O–H groups in total. The van der Waals surface area contributed by atoms with Crippen LogP contribution in [0.4, 0.5) is 4.39 Å². The molecule has 0 aliphatic carbocycles. The maximum Gasteiger partial charge on any atom is 0.253 e. The van der Waals surface area contributed by atoms with Crippen molar-refractivity contribution in [2.24, 2.45) is 0 Å². The summed E-state index contributed by atoms with van der Waals surface area (Å²) in [7, 11) is -3.69. The average Bonchev–Trinajstić information content (AvgIpc) is 3.23. The number of rotatable bonds is 5. The van der Waals surface area contributed by atoms with Crippen LogP contribution in [0.5, 0.6) is 0 Å². The number of hydrogen-bond donors (Lipinski definition) is 1. The third-order valence-corrected chi connectivity index (χ3v) is 8.00. The highest BCUT2D eigenvalue weighted by molar-refractivity contribution is 9.11. The van der Waals surface area contributed by atoms with E-state index in [2.05, 4.69) is 21.2 Å². The van der Waals surface area contributed by atoms with Crippen LogP contribution in [0.3, 0.4) is 0 Å². The summed E-state index contributed by atoms with van der Waals surface area (Å²) in [4.78, 5) is 12.5. The van der Waals surface area contributed by atoms with Crippen molar-refractivity contribution in [3.05, 3.63) is 51.6 Å². The minimum atomic E-state index is -3.69. The highest BCUT2D eigenvalue weighted by Crippen LogP contribution is 2.32. The second-order valence-corrected chi connectivity index (χ2v) is 10.3. The molecule has 0 unspecified atom stereocenters.